The van der Waals surface area contributed by atoms with E-state index in [0.29, 0.717) is 23.4 Å². The number of carbonyl (C=O) groups excluding carboxylic acids is 2. The molecule has 1 amide bonds. The van der Waals surface area contributed by atoms with Gasteiger partial charge in [-0.3, -0.25) is 4.79 Å². The van der Waals surface area contributed by atoms with Crippen LogP contribution in [0.1, 0.15) is 16.8 Å². The van der Waals surface area contributed by atoms with Crippen molar-refractivity contribution in [3.8, 4) is 5.75 Å². The van der Waals surface area contributed by atoms with Gasteiger partial charge in [-0.1, -0.05) is 0 Å². The summed E-state index contributed by atoms with van der Waals surface area (Å²) in [6.45, 7) is 0. The maximum absolute atomic E-state index is 12.2. The summed E-state index contributed by atoms with van der Waals surface area (Å²) >= 11 is 1.59. The van der Waals surface area contributed by atoms with Gasteiger partial charge >= 0.3 is 5.97 Å². The molecule has 0 fully saturated rings. The standard InChI is InChI=1S/C14H20N2O4S/c1-19-12-8-9(4-5-10(12)15)13(17)16-11(6-7-21-3)14(18)20-2/h4-5,8,11H,6-7,15H2,1-3H3,(H,16,17)/t11-/m1/s1. The van der Waals surface area contributed by atoms with Crippen LogP contribution >= 0.6 is 11.8 Å². The molecule has 0 aliphatic rings. The first-order valence-electron chi connectivity index (χ1n) is 6.34. The number of nitrogens with one attached hydrogen (secondary N) is 1. The van der Waals surface area contributed by atoms with Crippen LogP contribution in [0.5, 0.6) is 5.75 Å². The van der Waals surface area contributed by atoms with Gasteiger partial charge in [-0.2, -0.15) is 11.8 Å². The predicted molar refractivity (Wildman–Crippen MR) is 83.7 cm³/mol. The molecule has 0 aliphatic carbocycles. The molecule has 1 aromatic rings. The third-order valence-electron chi connectivity index (χ3n) is 2.90. The topological polar surface area (TPSA) is 90.7 Å². The fraction of sp³-hybridized carbons (Fsp3) is 0.429. The molecule has 7 heteroatoms. The van der Waals surface area contributed by atoms with E-state index in [9.17, 15) is 9.59 Å². The molecule has 21 heavy (non-hydrogen) atoms. The highest BCUT2D eigenvalue weighted by Gasteiger charge is 2.22. The lowest BCUT2D eigenvalue weighted by Crippen LogP contribution is -2.41. The molecule has 3 N–H and O–H groups in total. The first-order chi connectivity index (χ1) is 10.0. The van der Waals surface area contributed by atoms with Gasteiger partial charge in [0.05, 0.1) is 19.9 Å². The van der Waals surface area contributed by atoms with Crippen molar-refractivity contribution < 1.29 is 19.1 Å². The van der Waals surface area contributed by atoms with E-state index in [1.807, 2.05) is 6.26 Å². The zero-order valence-electron chi connectivity index (χ0n) is 12.3. The van der Waals surface area contributed by atoms with Crippen molar-refractivity contribution in [2.24, 2.45) is 0 Å². The number of amides is 1. The van der Waals surface area contributed by atoms with E-state index in [2.05, 4.69) is 5.32 Å². The van der Waals surface area contributed by atoms with Crippen LogP contribution in [0.2, 0.25) is 0 Å². The van der Waals surface area contributed by atoms with Crippen LogP contribution in [0.25, 0.3) is 0 Å². The zero-order chi connectivity index (χ0) is 15.8. The Morgan fingerprint density at radius 3 is 2.67 bits per heavy atom. The van der Waals surface area contributed by atoms with E-state index in [-0.39, 0.29) is 5.91 Å². The number of esters is 1. The fourth-order valence-corrected chi connectivity index (χ4v) is 2.19. The van der Waals surface area contributed by atoms with Crippen LogP contribution in [0.4, 0.5) is 5.69 Å². The maximum atomic E-state index is 12.2. The summed E-state index contributed by atoms with van der Waals surface area (Å²) in [6, 6.07) is 4.03. The summed E-state index contributed by atoms with van der Waals surface area (Å²) < 4.78 is 9.78. The molecule has 0 aliphatic heterocycles. The molecule has 0 unspecified atom stereocenters. The van der Waals surface area contributed by atoms with Gasteiger partial charge in [-0.25, -0.2) is 4.79 Å². The number of hydrogen-bond donors (Lipinski definition) is 2. The first-order valence-corrected chi connectivity index (χ1v) is 7.74. The molecule has 116 valence electrons. The summed E-state index contributed by atoms with van der Waals surface area (Å²) in [7, 11) is 2.77. The number of ether oxygens (including phenoxy) is 2. The summed E-state index contributed by atoms with van der Waals surface area (Å²) in [6.07, 6.45) is 2.44. The average Bonchev–Trinajstić information content (AvgIpc) is 2.50. The van der Waals surface area contributed by atoms with Crippen molar-refractivity contribution in [1.29, 1.82) is 0 Å². The van der Waals surface area contributed by atoms with Crippen molar-refractivity contribution in [1.82, 2.24) is 5.32 Å². The largest absolute Gasteiger partial charge is 0.495 e. The third kappa shape index (κ3) is 4.86. The summed E-state index contributed by atoms with van der Waals surface area (Å²) in [5.74, 6) is 0.330. The number of anilines is 1. The molecule has 0 saturated heterocycles. The summed E-state index contributed by atoms with van der Waals surface area (Å²) in [5, 5.41) is 2.67. The Morgan fingerprint density at radius 2 is 2.10 bits per heavy atom. The highest BCUT2D eigenvalue weighted by atomic mass is 32.2. The van der Waals surface area contributed by atoms with Crippen LogP contribution in [-0.4, -0.2) is 44.1 Å². The Bertz CT molecular complexity index is 508. The van der Waals surface area contributed by atoms with Crippen molar-refractivity contribution in [3.63, 3.8) is 0 Å². The molecule has 1 aromatic carbocycles. The van der Waals surface area contributed by atoms with Crippen molar-refractivity contribution in [3.05, 3.63) is 23.8 Å². The van der Waals surface area contributed by atoms with Crippen LogP contribution in [0.3, 0.4) is 0 Å². The van der Waals surface area contributed by atoms with E-state index in [4.69, 9.17) is 15.2 Å². The molecule has 0 aromatic heterocycles. The molecule has 1 atom stereocenters. The minimum Gasteiger partial charge on any atom is -0.495 e. The van der Waals surface area contributed by atoms with E-state index in [1.165, 1.54) is 20.3 Å². The third-order valence-corrected chi connectivity index (χ3v) is 3.54. The molecule has 6 nitrogen and oxygen atoms in total. The quantitative estimate of drug-likeness (QED) is 0.582. The number of nitrogen functional groups attached to an aromatic ring is 1. The molecular weight excluding hydrogens is 292 g/mol. The minimum atomic E-state index is -0.668. The predicted octanol–water partition coefficient (Wildman–Crippen LogP) is 1.30. The highest BCUT2D eigenvalue weighted by Crippen LogP contribution is 2.22. The van der Waals surface area contributed by atoms with Crippen LogP contribution in [0, 0.1) is 0 Å². The monoisotopic (exact) mass is 312 g/mol. The number of nitrogens with two attached hydrogens (primary N) is 1. The van der Waals surface area contributed by atoms with Gasteiger partial charge in [0.2, 0.25) is 0 Å². The number of hydrogen-bond acceptors (Lipinski definition) is 6. The van der Waals surface area contributed by atoms with Gasteiger partial charge in [0.25, 0.3) is 5.91 Å². The molecule has 0 bridgehead atoms. The van der Waals surface area contributed by atoms with Crippen LogP contribution in [0.15, 0.2) is 18.2 Å². The van der Waals surface area contributed by atoms with Crippen LogP contribution < -0.4 is 15.8 Å². The van der Waals surface area contributed by atoms with Crippen LogP contribution in [-0.2, 0) is 9.53 Å². The summed E-state index contributed by atoms with van der Waals surface area (Å²) in [4.78, 5) is 23.9. The Balaban J connectivity index is 2.83. The van der Waals surface area contributed by atoms with Gasteiger partial charge in [0, 0.05) is 5.56 Å². The van der Waals surface area contributed by atoms with E-state index >= 15 is 0 Å². The lowest BCUT2D eigenvalue weighted by Gasteiger charge is -2.16. The van der Waals surface area contributed by atoms with E-state index < -0.39 is 12.0 Å². The van der Waals surface area contributed by atoms with E-state index in [1.54, 1.807) is 23.9 Å². The maximum Gasteiger partial charge on any atom is 0.328 e. The number of carbonyl (C=O) groups is 2. The van der Waals surface area contributed by atoms with E-state index in [0.717, 1.165) is 5.75 Å². The molecule has 0 heterocycles. The van der Waals surface area contributed by atoms with Crippen molar-refractivity contribution >= 4 is 29.3 Å². The lowest BCUT2D eigenvalue weighted by atomic mass is 10.1. The highest BCUT2D eigenvalue weighted by molar-refractivity contribution is 7.98. The molecule has 0 spiro atoms. The number of methoxy groups -OCH3 is 2. The lowest BCUT2D eigenvalue weighted by molar-refractivity contribution is -0.142. The Labute approximate surface area is 128 Å². The molecule has 1 rings (SSSR count). The Morgan fingerprint density at radius 1 is 1.38 bits per heavy atom. The molecule has 0 radical (unpaired) electrons. The minimum absolute atomic E-state index is 0.371. The molecule has 0 saturated carbocycles. The zero-order valence-corrected chi connectivity index (χ0v) is 13.2. The second-order valence-electron chi connectivity index (χ2n) is 4.29. The van der Waals surface area contributed by atoms with Crippen molar-refractivity contribution in [2.45, 2.75) is 12.5 Å². The van der Waals surface area contributed by atoms with Gasteiger partial charge in [0.1, 0.15) is 11.8 Å². The SMILES string of the molecule is COC(=O)[C@@H](CCSC)NC(=O)c1ccc(N)c(OC)c1. The van der Waals surface area contributed by atoms with Gasteiger partial charge in [0.15, 0.2) is 0 Å². The van der Waals surface area contributed by atoms with Gasteiger partial charge in [-0.05, 0) is 36.6 Å². The smallest absolute Gasteiger partial charge is 0.328 e. The van der Waals surface area contributed by atoms with Gasteiger partial charge < -0.3 is 20.5 Å². The number of rotatable bonds is 7. The summed E-state index contributed by atoms with van der Waals surface area (Å²) in [5.41, 5.74) is 6.52. The Hall–Kier alpha value is -1.89. The Kier molecular flexibility index (Phi) is 6.87. The normalized spacial score (nSPS) is 11.6. The second kappa shape index (κ2) is 8.41. The number of benzene rings is 1. The van der Waals surface area contributed by atoms with Gasteiger partial charge in [-0.15, -0.1) is 0 Å². The average molecular weight is 312 g/mol. The first kappa shape index (κ1) is 17.2. The molecular formula is C14H20N2O4S. The fourth-order valence-electron chi connectivity index (χ4n) is 1.72. The second-order valence-corrected chi connectivity index (χ2v) is 5.27. The number of thioether (sulfide) groups is 1. The van der Waals surface area contributed by atoms with Crippen molar-refractivity contribution in [2.75, 3.05) is 32.0 Å².